The Balaban J connectivity index is 0.000000152. The van der Waals surface area contributed by atoms with Gasteiger partial charge in [0.1, 0.15) is 5.69 Å². The molecule has 0 amide bonds. The van der Waals surface area contributed by atoms with E-state index in [4.69, 9.17) is 4.74 Å². The maximum absolute atomic E-state index is 13.5. The molecule has 5 heterocycles. The van der Waals surface area contributed by atoms with E-state index in [1.807, 2.05) is 24.4 Å². The molecule has 0 fully saturated rings. The number of fused-ring (bicyclic) bond motifs is 6. The van der Waals surface area contributed by atoms with Gasteiger partial charge >= 0.3 is 0 Å². The molecule has 0 unspecified atom stereocenters. The molecule has 5 aromatic heterocycles. The van der Waals surface area contributed by atoms with Crippen LogP contribution in [0.4, 0.5) is 17.6 Å². The number of rotatable bonds is 7. The van der Waals surface area contributed by atoms with Crippen LogP contribution in [0.1, 0.15) is 16.8 Å². The molecule has 80 heavy (non-hydrogen) atoms. The van der Waals surface area contributed by atoms with E-state index in [1.54, 1.807) is 53.4 Å². The molecular formula is C69H50F4IrN5O-3. The molecule has 0 N–H and O–H groups in total. The summed E-state index contributed by atoms with van der Waals surface area (Å²) in [5.74, 6) is -2.02. The summed E-state index contributed by atoms with van der Waals surface area (Å²) in [6, 6.07) is 72.4. The maximum atomic E-state index is 13.5. The Morgan fingerprint density at radius 3 is 1.12 bits per heavy atom. The molecule has 0 saturated carbocycles. The van der Waals surface area contributed by atoms with Crippen molar-refractivity contribution in [2.75, 3.05) is 0 Å². The number of hydrogen-bond acceptors (Lipinski definition) is 3. The number of ether oxygens (including phenoxy) is 1. The largest absolute Gasteiger partial charge is 0.670 e. The molecule has 0 atom stereocenters. The summed E-state index contributed by atoms with van der Waals surface area (Å²) in [6.45, 7) is 10.9. The van der Waals surface area contributed by atoms with Crippen molar-refractivity contribution in [2.45, 2.75) is 0 Å². The van der Waals surface area contributed by atoms with Gasteiger partial charge in [0.05, 0.1) is 57.3 Å². The van der Waals surface area contributed by atoms with Gasteiger partial charge < -0.3 is 18.4 Å². The smallest absolute Gasteiger partial charge is 0.143 e. The molecule has 0 saturated heterocycles. The minimum absolute atomic E-state index is 0. The van der Waals surface area contributed by atoms with E-state index in [9.17, 15) is 17.6 Å². The van der Waals surface area contributed by atoms with E-state index in [1.165, 1.54) is 78.2 Å². The Morgan fingerprint density at radius 1 is 0.450 bits per heavy atom. The molecule has 0 spiro atoms. The van der Waals surface area contributed by atoms with Crippen molar-refractivity contribution < 1.29 is 47.0 Å². The zero-order valence-electron chi connectivity index (χ0n) is 43.1. The number of halogens is 4. The van der Waals surface area contributed by atoms with Gasteiger partial charge in [-0.05, 0) is 102 Å². The SMILES string of the molecule is C=C(O[CH2-])c1cccc[n+]1[CH2-].[CH2-]c1cc(F)cc(F)c1-c1ccccn1.[CH2-]c1cc(F)cc(F)c1-c1ccccn1.[Ir].c1ccc2c(c1)c1ccccc1n2-c1ccc(-c2ccc(-n3c4ccccc4c4ccccc43)cc2)cc1. The van der Waals surface area contributed by atoms with Crippen molar-refractivity contribution in [1.29, 1.82) is 0 Å². The Hall–Kier alpha value is -9.67. The number of hydrogen-bond donors (Lipinski definition) is 0. The summed E-state index contributed by atoms with van der Waals surface area (Å²) in [7, 11) is 7.00. The van der Waals surface area contributed by atoms with Crippen molar-refractivity contribution in [3.8, 4) is 45.0 Å². The van der Waals surface area contributed by atoms with E-state index < -0.39 is 23.3 Å². The summed E-state index contributed by atoms with van der Waals surface area (Å²) in [5, 5.41) is 5.14. The van der Waals surface area contributed by atoms with Crippen LogP contribution in [0.25, 0.3) is 94.4 Å². The van der Waals surface area contributed by atoms with Gasteiger partial charge in [-0.1, -0.05) is 139 Å². The molecule has 0 aliphatic rings. The van der Waals surface area contributed by atoms with Crippen LogP contribution in [0.2, 0.25) is 0 Å². The van der Waals surface area contributed by atoms with Gasteiger partial charge in [0, 0.05) is 83.9 Å². The van der Waals surface area contributed by atoms with Gasteiger partial charge in [-0.3, -0.25) is 9.97 Å². The third-order valence-electron chi connectivity index (χ3n) is 13.3. The van der Waals surface area contributed by atoms with Gasteiger partial charge in [0.15, 0.2) is 0 Å². The van der Waals surface area contributed by atoms with Crippen LogP contribution in [0, 0.1) is 51.3 Å². The molecule has 13 aromatic rings. The summed E-state index contributed by atoms with van der Waals surface area (Å²) < 4.78 is 63.7. The molecule has 11 heteroatoms. The summed E-state index contributed by atoms with van der Waals surface area (Å²) in [4.78, 5) is 8.00. The van der Waals surface area contributed by atoms with Crippen molar-refractivity contribution in [1.82, 2.24) is 19.1 Å². The predicted octanol–water partition coefficient (Wildman–Crippen LogP) is 17.4. The molecule has 0 aliphatic heterocycles. The van der Waals surface area contributed by atoms with Gasteiger partial charge in [-0.2, -0.15) is 32.1 Å². The van der Waals surface area contributed by atoms with Crippen LogP contribution in [-0.4, -0.2) is 19.1 Å². The number of para-hydroxylation sites is 4. The molecular weight excluding hydrogens is 1180 g/mol. The fraction of sp³-hybridized carbons (Fsp3) is 0. The molecule has 8 aromatic carbocycles. The first-order valence-corrected chi connectivity index (χ1v) is 25.0. The van der Waals surface area contributed by atoms with Crippen molar-refractivity contribution >= 4 is 49.4 Å². The summed E-state index contributed by atoms with van der Waals surface area (Å²) in [6.07, 6.45) is 4.93. The number of nitrogens with zero attached hydrogens (tertiary/aromatic N) is 5. The number of benzene rings is 8. The average Bonchev–Trinajstić information content (AvgIpc) is 4.14. The standard InChI is InChI=1S/C36H24N2.2C12H8F2N.C9H10NO.Ir/c1-5-13-33-29(9-1)30-10-2-6-14-34(30)37(33)27-21-17-25(18-22-27)26-19-23-28(24-20-26)38-35-15-7-3-11-31(35)32-12-4-8-16-36(32)38;2*1-8-6-9(13)7-10(14)12(8)11-4-2-3-5-15-11;1-8(11-3)9-6-4-5-7-10(9)2;/h1-24H;2*2-7H,1H2;4-7H,1-3H2;/q;3*-1;. The minimum atomic E-state index is -0.640. The quantitative estimate of drug-likeness (QED) is 0.0691. The first kappa shape index (κ1) is 55.1. The third kappa shape index (κ3) is 11.6. The number of aromatic nitrogens is 5. The van der Waals surface area contributed by atoms with Crippen LogP contribution in [0.5, 0.6) is 0 Å². The minimum Gasteiger partial charge on any atom is -0.670 e. The Labute approximate surface area is 475 Å². The zero-order valence-corrected chi connectivity index (χ0v) is 45.5. The van der Waals surface area contributed by atoms with Crippen molar-refractivity contribution in [2.24, 2.45) is 0 Å². The van der Waals surface area contributed by atoms with E-state index in [0.717, 1.165) is 17.8 Å². The Morgan fingerprint density at radius 2 is 0.800 bits per heavy atom. The maximum Gasteiger partial charge on any atom is 0.143 e. The second kappa shape index (κ2) is 24.8. The second-order valence-electron chi connectivity index (χ2n) is 18.2. The summed E-state index contributed by atoms with van der Waals surface area (Å²) in [5.41, 5.74) is 12.5. The average molecular weight is 1230 g/mol. The topological polar surface area (TPSA) is 48.8 Å². The van der Waals surface area contributed by atoms with Crippen LogP contribution >= 0.6 is 0 Å². The third-order valence-corrected chi connectivity index (χ3v) is 13.3. The zero-order chi connectivity index (χ0) is 55.0. The van der Waals surface area contributed by atoms with E-state index in [-0.39, 0.29) is 31.2 Å². The van der Waals surface area contributed by atoms with Crippen molar-refractivity contribution in [3.63, 3.8) is 0 Å². The van der Waals surface area contributed by atoms with Gasteiger partial charge in [-0.25, -0.2) is 17.6 Å². The van der Waals surface area contributed by atoms with Crippen LogP contribution in [-0.2, 0) is 24.8 Å². The fourth-order valence-electron chi connectivity index (χ4n) is 9.66. The van der Waals surface area contributed by atoms with Crippen molar-refractivity contribution in [3.05, 3.63) is 318 Å². The Bertz CT molecular complexity index is 3880. The first-order valence-electron chi connectivity index (χ1n) is 25.0. The van der Waals surface area contributed by atoms with Crippen LogP contribution in [0.3, 0.4) is 0 Å². The number of pyridine rings is 3. The van der Waals surface area contributed by atoms with Crippen LogP contribution in [0.15, 0.2) is 250 Å². The van der Waals surface area contributed by atoms with E-state index >= 15 is 0 Å². The Kier molecular flexibility index (Phi) is 17.1. The molecule has 1 radical (unpaired) electrons. The predicted molar refractivity (Wildman–Crippen MR) is 312 cm³/mol. The molecule has 0 bridgehead atoms. The van der Waals surface area contributed by atoms with E-state index in [2.05, 4.69) is 199 Å². The molecule has 13 rings (SSSR count). The molecule has 6 nitrogen and oxygen atoms in total. The van der Waals surface area contributed by atoms with Gasteiger partial charge in [0.25, 0.3) is 0 Å². The second-order valence-corrected chi connectivity index (χ2v) is 18.2. The first-order chi connectivity index (χ1) is 38.5. The molecule has 0 aliphatic carbocycles. The summed E-state index contributed by atoms with van der Waals surface area (Å²) >= 11 is 0. The fourth-order valence-corrected chi connectivity index (χ4v) is 9.66. The van der Waals surface area contributed by atoms with Gasteiger partial charge in [0.2, 0.25) is 0 Å². The molecule has 397 valence electrons. The van der Waals surface area contributed by atoms with Gasteiger partial charge in [-0.15, -0.1) is 12.1 Å². The van der Waals surface area contributed by atoms with Crippen LogP contribution < -0.4 is 4.57 Å². The monoisotopic (exact) mass is 1230 g/mol. The van der Waals surface area contributed by atoms with E-state index in [0.29, 0.717) is 28.3 Å². The normalized spacial score (nSPS) is 10.7.